The van der Waals surface area contributed by atoms with E-state index in [1.54, 1.807) is 0 Å². The van der Waals surface area contributed by atoms with Gasteiger partial charge in [-0.3, -0.25) is 0 Å². The molecule has 0 fully saturated rings. The minimum absolute atomic E-state index is 0.246. The summed E-state index contributed by atoms with van der Waals surface area (Å²) in [6.07, 6.45) is 13.7. The molecule has 0 aliphatic rings. The van der Waals surface area contributed by atoms with Crippen molar-refractivity contribution >= 4 is 6.03 Å². The Balaban J connectivity index is 3.54. The van der Waals surface area contributed by atoms with Gasteiger partial charge < -0.3 is 10.6 Å². The van der Waals surface area contributed by atoms with Crippen molar-refractivity contribution in [2.24, 2.45) is 5.73 Å². The molecule has 0 atom stereocenters. The minimum atomic E-state index is -0.246. The van der Waals surface area contributed by atoms with Crippen LogP contribution in [-0.2, 0) is 0 Å². The Hall–Kier alpha value is -0.730. The van der Waals surface area contributed by atoms with Gasteiger partial charge in [-0.05, 0) is 12.8 Å². The highest BCUT2D eigenvalue weighted by Gasteiger charge is 2.08. The molecule has 114 valence electrons. The average Bonchev–Trinajstić information content (AvgIpc) is 2.39. The van der Waals surface area contributed by atoms with Gasteiger partial charge in [-0.25, -0.2) is 4.79 Å². The average molecular weight is 270 g/mol. The standard InChI is InChI=1S/C16H34N2O/c1-3-5-7-9-11-13-15-18(16(17)19)14-12-10-8-6-4-2/h3-15H2,1-2H3,(H2,17,19). The molecule has 3 heteroatoms. The second-order valence-corrected chi connectivity index (χ2v) is 5.51. The summed E-state index contributed by atoms with van der Waals surface area (Å²) in [6.45, 7) is 6.13. The van der Waals surface area contributed by atoms with Crippen LogP contribution in [0.2, 0.25) is 0 Å². The van der Waals surface area contributed by atoms with Crippen LogP contribution in [0.25, 0.3) is 0 Å². The smallest absolute Gasteiger partial charge is 0.314 e. The topological polar surface area (TPSA) is 46.3 Å². The molecule has 19 heavy (non-hydrogen) atoms. The third-order valence-electron chi connectivity index (χ3n) is 3.62. The van der Waals surface area contributed by atoms with Gasteiger partial charge in [0, 0.05) is 13.1 Å². The van der Waals surface area contributed by atoms with E-state index in [1.807, 2.05) is 4.90 Å². The predicted octanol–water partition coefficient (Wildman–Crippen LogP) is 4.70. The lowest BCUT2D eigenvalue weighted by molar-refractivity contribution is 0.205. The maximum absolute atomic E-state index is 11.3. The zero-order valence-electron chi connectivity index (χ0n) is 13.1. The fourth-order valence-electron chi connectivity index (χ4n) is 2.32. The van der Waals surface area contributed by atoms with E-state index in [1.165, 1.54) is 57.8 Å². The van der Waals surface area contributed by atoms with E-state index in [4.69, 9.17) is 5.73 Å². The number of carbonyl (C=O) groups excluding carboxylic acids is 1. The molecule has 0 radical (unpaired) electrons. The van der Waals surface area contributed by atoms with E-state index in [2.05, 4.69) is 13.8 Å². The number of primary amides is 1. The fourth-order valence-corrected chi connectivity index (χ4v) is 2.32. The molecule has 0 aliphatic carbocycles. The summed E-state index contributed by atoms with van der Waals surface area (Å²) in [5.41, 5.74) is 5.43. The number of urea groups is 1. The van der Waals surface area contributed by atoms with Gasteiger partial charge in [-0.2, -0.15) is 0 Å². The first-order chi connectivity index (χ1) is 9.22. The summed E-state index contributed by atoms with van der Waals surface area (Å²) in [6, 6.07) is -0.246. The van der Waals surface area contributed by atoms with Crippen LogP contribution in [0, 0.1) is 0 Å². The van der Waals surface area contributed by atoms with Crippen LogP contribution >= 0.6 is 0 Å². The van der Waals surface area contributed by atoms with Gasteiger partial charge in [-0.1, -0.05) is 71.6 Å². The lowest BCUT2D eigenvalue weighted by Crippen LogP contribution is -2.37. The normalized spacial score (nSPS) is 10.6. The van der Waals surface area contributed by atoms with E-state index in [9.17, 15) is 4.79 Å². The molecule has 3 nitrogen and oxygen atoms in total. The Kier molecular flexibility index (Phi) is 13.2. The molecule has 0 heterocycles. The largest absolute Gasteiger partial charge is 0.351 e. The van der Waals surface area contributed by atoms with Crippen LogP contribution in [0.4, 0.5) is 4.79 Å². The summed E-state index contributed by atoms with van der Waals surface area (Å²) >= 11 is 0. The second-order valence-electron chi connectivity index (χ2n) is 5.51. The number of rotatable bonds is 13. The molecule has 0 aromatic heterocycles. The van der Waals surface area contributed by atoms with Crippen molar-refractivity contribution < 1.29 is 4.79 Å². The SMILES string of the molecule is CCCCCCCCN(CCCCCCC)C(N)=O. The van der Waals surface area contributed by atoms with E-state index < -0.39 is 0 Å². The molecule has 2 N–H and O–H groups in total. The van der Waals surface area contributed by atoms with Crippen molar-refractivity contribution in [2.75, 3.05) is 13.1 Å². The highest BCUT2D eigenvalue weighted by atomic mass is 16.2. The summed E-state index contributed by atoms with van der Waals surface area (Å²) < 4.78 is 0. The van der Waals surface area contributed by atoms with Gasteiger partial charge in [0.05, 0.1) is 0 Å². The van der Waals surface area contributed by atoms with Crippen LogP contribution in [0.5, 0.6) is 0 Å². The Bertz CT molecular complexity index is 207. The third kappa shape index (κ3) is 12.1. The number of unbranched alkanes of at least 4 members (excludes halogenated alkanes) is 9. The first-order valence-electron chi connectivity index (χ1n) is 8.26. The van der Waals surface area contributed by atoms with Gasteiger partial charge in [0.1, 0.15) is 0 Å². The minimum Gasteiger partial charge on any atom is -0.351 e. The maximum atomic E-state index is 11.3. The molecular formula is C16H34N2O. The molecule has 0 bridgehead atoms. The van der Waals surface area contributed by atoms with Gasteiger partial charge in [0.15, 0.2) is 0 Å². The Morgan fingerprint density at radius 1 is 0.737 bits per heavy atom. The Labute approximate surface area is 119 Å². The summed E-state index contributed by atoms with van der Waals surface area (Å²) in [5.74, 6) is 0. The van der Waals surface area contributed by atoms with Gasteiger partial charge in [0.2, 0.25) is 0 Å². The number of nitrogens with two attached hydrogens (primary N) is 1. The van der Waals surface area contributed by atoms with E-state index >= 15 is 0 Å². The van der Waals surface area contributed by atoms with Crippen molar-refractivity contribution in [3.8, 4) is 0 Å². The van der Waals surface area contributed by atoms with Crippen molar-refractivity contribution in [1.82, 2.24) is 4.90 Å². The maximum Gasteiger partial charge on any atom is 0.314 e. The molecule has 0 aliphatic heterocycles. The van der Waals surface area contributed by atoms with Crippen molar-refractivity contribution in [3.05, 3.63) is 0 Å². The van der Waals surface area contributed by atoms with Crippen molar-refractivity contribution in [3.63, 3.8) is 0 Å². The first kappa shape index (κ1) is 18.3. The molecule has 0 unspecified atom stereocenters. The molecule has 0 rings (SSSR count). The highest BCUT2D eigenvalue weighted by molar-refractivity contribution is 5.71. The Morgan fingerprint density at radius 3 is 1.47 bits per heavy atom. The molecule has 0 saturated heterocycles. The summed E-state index contributed by atoms with van der Waals surface area (Å²) in [5, 5.41) is 0. The van der Waals surface area contributed by atoms with Gasteiger partial charge >= 0.3 is 6.03 Å². The van der Waals surface area contributed by atoms with E-state index in [0.29, 0.717) is 0 Å². The van der Waals surface area contributed by atoms with Crippen LogP contribution in [0.1, 0.15) is 84.5 Å². The Morgan fingerprint density at radius 2 is 1.11 bits per heavy atom. The lowest BCUT2D eigenvalue weighted by atomic mass is 10.1. The number of hydrogen-bond acceptors (Lipinski definition) is 1. The van der Waals surface area contributed by atoms with Gasteiger partial charge in [-0.15, -0.1) is 0 Å². The molecule has 2 amide bonds. The van der Waals surface area contributed by atoms with Crippen LogP contribution in [-0.4, -0.2) is 24.0 Å². The lowest BCUT2D eigenvalue weighted by Gasteiger charge is -2.20. The molecule has 0 spiro atoms. The van der Waals surface area contributed by atoms with Gasteiger partial charge in [0.25, 0.3) is 0 Å². The third-order valence-corrected chi connectivity index (χ3v) is 3.62. The second kappa shape index (κ2) is 13.7. The van der Waals surface area contributed by atoms with Crippen molar-refractivity contribution in [2.45, 2.75) is 84.5 Å². The zero-order chi connectivity index (χ0) is 14.3. The molecule has 0 saturated carbocycles. The summed E-state index contributed by atoms with van der Waals surface area (Å²) in [4.78, 5) is 13.2. The van der Waals surface area contributed by atoms with Crippen molar-refractivity contribution in [1.29, 1.82) is 0 Å². The quantitative estimate of drug-likeness (QED) is 0.484. The van der Waals surface area contributed by atoms with Crippen LogP contribution in [0.3, 0.4) is 0 Å². The number of amides is 2. The molecule has 0 aromatic rings. The highest BCUT2D eigenvalue weighted by Crippen LogP contribution is 2.08. The summed E-state index contributed by atoms with van der Waals surface area (Å²) in [7, 11) is 0. The predicted molar refractivity (Wildman–Crippen MR) is 83.3 cm³/mol. The van der Waals surface area contributed by atoms with E-state index in [-0.39, 0.29) is 6.03 Å². The molecular weight excluding hydrogens is 236 g/mol. The monoisotopic (exact) mass is 270 g/mol. The zero-order valence-corrected chi connectivity index (χ0v) is 13.1. The molecule has 0 aromatic carbocycles. The van der Waals surface area contributed by atoms with Crippen LogP contribution in [0.15, 0.2) is 0 Å². The fraction of sp³-hybridized carbons (Fsp3) is 0.938. The van der Waals surface area contributed by atoms with Crippen LogP contribution < -0.4 is 5.73 Å². The van der Waals surface area contributed by atoms with E-state index in [0.717, 1.165) is 25.9 Å². The number of hydrogen-bond donors (Lipinski definition) is 1. The number of carbonyl (C=O) groups is 1. The number of nitrogens with zero attached hydrogens (tertiary/aromatic N) is 1. The first-order valence-corrected chi connectivity index (χ1v) is 8.26.